The van der Waals surface area contributed by atoms with E-state index >= 15 is 0 Å². The summed E-state index contributed by atoms with van der Waals surface area (Å²) in [5, 5.41) is 23.4. The lowest BCUT2D eigenvalue weighted by molar-refractivity contribution is -0.385. The predicted molar refractivity (Wildman–Crippen MR) is 82.7 cm³/mol. The Hall–Kier alpha value is -2.02. The fourth-order valence-corrected chi connectivity index (χ4v) is 3.19. The maximum atomic E-state index is 13.6. The Balaban J connectivity index is 2.27. The van der Waals surface area contributed by atoms with Gasteiger partial charge in [0.25, 0.3) is 11.6 Å². The van der Waals surface area contributed by atoms with Gasteiger partial charge in [-0.3, -0.25) is 14.9 Å². The molecule has 0 heterocycles. The van der Waals surface area contributed by atoms with Gasteiger partial charge < -0.3 is 10.4 Å². The summed E-state index contributed by atoms with van der Waals surface area (Å²) in [6, 6.07) is 1.68. The molecule has 1 fully saturated rings. The molecule has 1 aromatic carbocycles. The van der Waals surface area contributed by atoms with Gasteiger partial charge in [0.1, 0.15) is 11.4 Å². The van der Waals surface area contributed by atoms with Crippen molar-refractivity contribution in [1.82, 2.24) is 5.32 Å². The van der Waals surface area contributed by atoms with E-state index in [0.717, 1.165) is 37.8 Å². The molecule has 0 spiro atoms. The van der Waals surface area contributed by atoms with Gasteiger partial charge in [-0.25, -0.2) is 4.39 Å². The number of benzene rings is 1. The smallest absolute Gasteiger partial charge is 0.285 e. The summed E-state index contributed by atoms with van der Waals surface area (Å²) in [6.07, 6.45) is 4.44. The van der Waals surface area contributed by atoms with Crippen LogP contribution in [0.15, 0.2) is 12.1 Å². The average molecular weight is 324 g/mol. The van der Waals surface area contributed by atoms with Crippen LogP contribution in [-0.2, 0) is 0 Å². The number of halogens is 1. The maximum Gasteiger partial charge on any atom is 0.285 e. The van der Waals surface area contributed by atoms with Crippen LogP contribution in [0.3, 0.4) is 0 Å². The van der Waals surface area contributed by atoms with Gasteiger partial charge in [0, 0.05) is 24.1 Å². The third-order valence-corrected chi connectivity index (χ3v) is 4.40. The monoisotopic (exact) mass is 324 g/mol. The molecule has 1 amide bonds. The zero-order chi connectivity index (χ0) is 17.0. The first kappa shape index (κ1) is 17.3. The van der Waals surface area contributed by atoms with Crippen LogP contribution in [0.1, 0.15) is 48.0 Å². The highest BCUT2D eigenvalue weighted by Crippen LogP contribution is 2.27. The van der Waals surface area contributed by atoms with Gasteiger partial charge in [-0.15, -0.1) is 0 Å². The van der Waals surface area contributed by atoms with Crippen molar-refractivity contribution in [2.24, 2.45) is 5.92 Å². The van der Waals surface area contributed by atoms with Crippen molar-refractivity contribution in [3.8, 4) is 0 Å². The number of carbonyl (C=O) groups is 1. The minimum atomic E-state index is -0.683. The summed E-state index contributed by atoms with van der Waals surface area (Å²) in [6.45, 7) is 1.36. The van der Waals surface area contributed by atoms with Gasteiger partial charge in [0.15, 0.2) is 0 Å². The zero-order valence-electron chi connectivity index (χ0n) is 13.0. The number of aliphatic hydroxyl groups excluding tert-OH is 1. The Kier molecular flexibility index (Phi) is 5.65. The highest BCUT2D eigenvalue weighted by atomic mass is 19.1. The molecular formula is C16H21FN2O4. The van der Waals surface area contributed by atoms with Crippen LogP contribution in [0.25, 0.3) is 0 Å². The molecule has 0 bridgehead atoms. The largest absolute Gasteiger partial charge is 0.396 e. The van der Waals surface area contributed by atoms with Gasteiger partial charge in [0.2, 0.25) is 0 Å². The average Bonchev–Trinajstić information content (AvgIpc) is 2.70. The van der Waals surface area contributed by atoms with Crippen LogP contribution in [0, 0.1) is 28.8 Å². The SMILES string of the molecule is Cc1cc(F)cc(C(=O)NC2CCCCCC2CO)c1[N+](=O)[O-]. The third kappa shape index (κ3) is 4.04. The molecule has 7 heteroatoms. The second-order valence-corrected chi connectivity index (χ2v) is 6.04. The van der Waals surface area contributed by atoms with Crippen LogP contribution < -0.4 is 5.32 Å². The van der Waals surface area contributed by atoms with Crippen LogP contribution in [0.5, 0.6) is 0 Å². The highest BCUT2D eigenvalue weighted by Gasteiger charge is 2.29. The molecular weight excluding hydrogens is 303 g/mol. The normalized spacial score (nSPS) is 21.5. The summed E-state index contributed by atoms with van der Waals surface area (Å²) < 4.78 is 13.6. The van der Waals surface area contributed by atoms with E-state index in [1.807, 2.05) is 0 Å². The number of aliphatic hydroxyl groups is 1. The number of amides is 1. The Morgan fingerprint density at radius 1 is 1.39 bits per heavy atom. The molecule has 2 unspecified atom stereocenters. The van der Waals surface area contributed by atoms with Crippen LogP contribution in [0.4, 0.5) is 10.1 Å². The van der Waals surface area contributed by atoms with Gasteiger partial charge in [-0.1, -0.05) is 19.3 Å². The molecule has 0 aromatic heterocycles. The fourth-order valence-electron chi connectivity index (χ4n) is 3.19. The summed E-state index contributed by atoms with van der Waals surface area (Å²) in [7, 11) is 0. The van der Waals surface area contributed by atoms with Crippen molar-refractivity contribution in [3.05, 3.63) is 39.2 Å². The van der Waals surface area contributed by atoms with Crippen molar-refractivity contribution in [2.75, 3.05) is 6.61 Å². The van der Waals surface area contributed by atoms with E-state index < -0.39 is 16.6 Å². The number of nitro groups is 1. The number of rotatable bonds is 4. The number of nitrogens with zero attached hydrogens (tertiary/aromatic N) is 1. The Morgan fingerprint density at radius 2 is 2.09 bits per heavy atom. The van der Waals surface area contributed by atoms with Gasteiger partial charge in [-0.05, 0) is 31.9 Å². The van der Waals surface area contributed by atoms with E-state index in [4.69, 9.17) is 0 Å². The van der Waals surface area contributed by atoms with Crippen LogP contribution in [0.2, 0.25) is 0 Å². The van der Waals surface area contributed by atoms with Gasteiger partial charge in [0.05, 0.1) is 4.92 Å². The number of nitro benzene ring substituents is 1. The fraction of sp³-hybridized carbons (Fsp3) is 0.562. The van der Waals surface area contributed by atoms with Gasteiger partial charge >= 0.3 is 0 Å². The third-order valence-electron chi connectivity index (χ3n) is 4.40. The van der Waals surface area contributed by atoms with E-state index in [0.29, 0.717) is 6.42 Å². The summed E-state index contributed by atoms with van der Waals surface area (Å²) >= 11 is 0. The highest BCUT2D eigenvalue weighted by molar-refractivity contribution is 5.98. The number of aryl methyl sites for hydroxylation is 1. The van der Waals surface area contributed by atoms with E-state index in [1.165, 1.54) is 6.92 Å². The maximum absolute atomic E-state index is 13.6. The summed E-state index contributed by atoms with van der Waals surface area (Å²) in [4.78, 5) is 23.0. The molecule has 0 saturated heterocycles. The molecule has 1 aromatic rings. The first-order valence-electron chi connectivity index (χ1n) is 7.80. The number of hydrogen-bond donors (Lipinski definition) is 2. The van der Waals surface area contributed by atoms with Crippen molar-refractivity contribution in [2.45, 2.75) is 45.1 Å². The zero-order valence-corrected chi connectivity index (χ0v) is 13.0. The van der Waals surface area contributed by atoms with Crippen molar-refractivity contribution in [3.63, 3.8) is 0 Å². The lowest BCUT2D eigenvalue weighted by atomic mass is 9.95. The lowest BCUT2D eigenvalue weighted by Crippen LogP contribution is -2.41. The van der Waals surface area contributed by atoms with Crippen molar-refractivity contribution in [1.29, 1.82) is 0 Å². The predicted octanol–water partition coefficient (Wildman–Crippen LogP) is 2.71. The molecule has 1 aliphatic rings. The number of hydrogen-bond acceptors (Lipinski definition) is 4. The molecule has 6 nitrogen and oxygen atoms in total. The van der Waals surface area contributed by atoms with E-state index in [2.05, 4.69) is 5.32 Å². The van der Waals surface area contributed by atoms with E-state index in [1.54, 1.807) is 0 Å². The lowest BCUT2D eigenvalue weighted by Gasteiger charge is -2.24. The summed E-state index contributed by atoms with van der Waals surface area (Å²) in [5.41, 5.74) is -0.536. The molecule has 1 saturated carbocycles. The Morgan fingerprint density at radius 3 is 2.74 bits per heavy atom. The van der Waals surface area contributed by atoms with Crippen LogP contribution in [-0.4, -0.2) is 28.6 Å². The Bertz CT molecular complexity index is 606. The first-order valence-corrected chi connectivity index (χ1v) is 7.80. The van der Waals surface area contributed by atoms with Gasteiger partial charge in [-0.2, -0.15) is 0 Å². The molecule has 1 aliphatic carbocycles. The minimum absolute atomic E-state index is 0.0464. The van der Waals surface area contributed by atoms with Crippen molar-refractivity contribution < 1.29 is 19.2 Å². The number of carbonyl (C=O) groups excluding carboxylic acids is 1. The minimum Gasteiger partial charge on any atom is -0.396 e. The standard InChI is InChI=1S/C16H21FN2O4/c1-10-7-12(17)8-13(15(10)19(22)23)16(21)18-14-6-4-2-3-5-11(14)9-20/h7-8,11,14,20H,2-6,9H2,1H3,(H,18,21). The van der Waals surface area contributed by atoms with Crippen LogP contribution >= 0.6 is 0 Å². The van der Waals surface area contributed by atoms with E-state index in [9.17, 15) is 24.4 Å². The molecule has 2 rings (SSSR count). The van der Waals surface area contributed by atoms with E-state index in [-0.39, 0.29) is 35.4 Å². The molecule has 23 heavy (non-hydrogen) atoms. The molecule has 2 N–H and O–H groups in total. The van der Waals surface area contributed by atoms with Crippen molar-refractivity contribution >= 4 is 11.6 Å². The first-order chi connectivity index (χ1) is 10.9. The molecule has 0 aliphatic heterocycles. The summed E-state index contributed by atoms with van der Waals surface area (Å²) in [5.74, 6) is -1.42. The molecule has 2 atom stereocenters. The molecule has 0 radical (unpaired) electrons. The second kappa shape index (κ2) is 7.50. The second-order valence-electron chi connectivity index (χ2n) is 6.04. The quantitative estimate of drug-likeness (QED) is 0.506. The molecule has 126 valence electrons. The number of nitrogens with one attached hydrogen (secondary N) is 1. The Labute approximate surface area is 133 Å². The topological polar surface area (TPSA) is 92.5 Å².